The van der Waals surface area contributed by atoms with Crippen LogP contribution in [-0.2, 0) is 6.42 Å². The van der Waals surface area contributed by atoms with Crippen molar-refractivity contribution in [2.75, 3.05) is 25.6 Å². The second-order valence-electron chi connectivity index (χ2n) is 5.72. The molecule has 2 N–H and O–H groups in total. The molecule has 0 aliphatic heterocycles. The van der Waals surface area contributed by atoms with Crippen molar-refractivity contribution in [2.45, 2.75) is 26.2 Å². The topological polar surface area (TPSA) is 106 Å². The number of nitrogens with one attached hydrogen (secondary N) is 2. The molecule has 138 valence electrons. The lowest BCUT2D eigenvalue weighted by atomic mass is 10.2. The van der Waals surface area contributed by atoms with Crippen LogP contribution >= 0.6 is 0 Å². The Balaban J connectivity index is 1.64. The van der Waals surface area contributed by atoms with Gasteiger partial charge in [0.2, 0.25) is 11.5 Å². The number of anilines is 1. The number of aryl methyl sites for hydroxylation is 1. The number of methoxy groups -OCH3 is 1. The fourth-order valence-corrected chi connectivity index (χ4v) is 2.47. The third-order valence-corrected chi connectivity index (χ3v) is 3.82. The fraction of sp³-hybridized carbons (Fsp3) is 0.412. The minimum atomic E-state index is -0.274. The van der Waals surface area contributed by atoms with Gasteiger partial charge in [-0.3, -0.25) is 0 Å². The van der Waals surface area contributed by atoms with E-state index in [-0.39, 0.29) is 5.69 Å². The second kappa shape index (κ2) is 8.32. The Morgan fingerprint density at radius 2 is 2.23 bits per heavy atom. The number of hydrogen-bond donors (Lipinski definition) is 2. The highest BCUT2D eigenvalue weighted by molar-refractivity contribution is 5.62. The molecule has 0 atom stereocenters. The predicted molar refractivity (Wildman–Crippen MR) is 97.0 cm³/mol. The average Bonchev–Trinajstić information content (AvgIpc) is 3.05. The van der Waals surface area contributed by atoms with Gasteiger partial charge in [-0.15, -0.1) is 5.10 Å². The molecule has 3 rings (SSSR count). The van der Waals surface area contributed by atoms with E-state index < -0.39 is 0 Å². The molecule has 0 radical (unpaired) electrons. The zero-order valence-corrected chi connectivity index (χ0v) is 14.9. The molecule has 0 spiro atoms. The van der Waals surface area contributed by atoms with Crippen LogP contribution in [0.25, 0.3) is 5.65 Å². The van der Waals surface area contributed by atoms with E-state index in [2.05, 4.69) is 32.4 Å². The first-order valence-corrected chi connectivity index (χ1v) is 8.54. The minimum Gasteiger partial charge on any atom is -0.490 e. The van der Waals surface area contributed by atoms with Crippen LogP contribution in [-0.4, -0.2) is 44.8 Å². The van der Waals surface area contributed by atoms with Crippen molar-refractivity contribution in [3.8, 4) is 11.6 Å². The van der Waals surface area contributed by atoms with Crippen LogP contribution in [0.15, 0.2) is 29.3 Å². The molecule has 0 aliphatic carbocycles. The standard InChI is InChI=1S/C17H22N6O3/c1-3-4-5-12-11-23-16(21-22-17(23)24)15(20-12)18-8-9-26-13-6-7-14(25-2)19-10-13/h6-7,10-11H,3-5,8-9H2,1-2H3,(H,18,20)(H,22,24). The predicted octanol–water partition coefficient (Wildman–Crippen LogP) is 1.65. The summed E-state index contributed by atoms with van der Waals surface area (Å²) in [5, 5.41) is 9.67. The van der Waals surface area contributed by atoms with Gasteiger partial charge in [-0.2, -0.15) is 0 Å². The molecular formula is C17H22N6O3. The van der Waals surface area contributed by atoms with Gasteiger partial charge in [0, 0.05) is 12.3 Å². The molecule has 0 amide bonds. The molecule has 3 aromatic rings. The Kier molecular flexibility index (Phi) is 5.67. The number of aromatic nitrogens is 5. The summed E-state index contributed by atoms with van der Waals surface area (Å²) in [5.41, 5.74) is 1.05. The first kappa shape index (κ1) is 17.7. The molecule has 0 bridgehead atoms. The maximum atomic E-state index is 11.9. The van der Waals surface area contributed by atoms with E-state index in [1.54, 1.807) is 31.6 Å². The van der Waals surface area contributed by atoms with Crippen molar-refractivity contribution in [3.05, 3.63) is 40.7 Å². The van der Waals surface area contributed by atoms with Gasteiger partial charge in [-0.05, 0) is 18.9 Å². The molecule has 3 heterocycles. The number of rotatable bonds is 9. The molecule has 0 saturated heterocycles. The smallest absolute Gasteiger partial charge is 0.347 e. The summed E-state index contributed by atoms with van der Waals surface area (Å²) in [6.45, 7) is 3.04. The Morgan fingerprint density at radius 1 is 1.35 bits per heavy atom. The van der Waals surface area contributed by atoms with Crippen LogP contribution in [0.3, 0.4) is 0 Å². The van der Waals surface area contributed by atoms with Crippen molar-refractivity contribution in [1.82, 2.24) is 24.6 Å². The van der Waals surface area contributed by atoms with Gasteiger partial charge >= 0.3 is 5.69 Å². The van der Waals surface area contributed by atoms with Gasteiger partial charge in [0.1, 0.15) is 12.4 Å². The Bertz CT molecular complexity index is 903. The molecule has 26 heavy (non-hydrogen) atoms. The quantitative estimate of drug-likeness (QED) is 0.560. The molecule has 0 unspecified atom stereocenters. The van der Waals surface area contributed by atoms with E-state index in [4.69, 9.17) is 9.47 Å². The van der Waals surface area contributed by atoms with Crippen molar-refractivity contribution in [2.24, 2.45) is 0 Å². The number of H-pyrrole nitrogens is 1. The van der Waals surface area contributed by atoms with Gasteiger partial charge in [-0.1, -0.05) is 13.3 Å². The summed E-state index contributed by atoms with van der Waals surface area (Å²) >= 11 is 0. The molecule has 3 aromatic heterocycles. The molecular weight excluding hydrogens is 336 g/mol. The average molecular weight is 358 g/mol. The highest BCUT2D eigenvalue weighted by Gasteiger charge is 2.10. The number of hydrogen-bond acceptors (Lipinski definition) is 7. The number of nitrogens with zero attached hydrogens (tertiary/aromatic N) is 4. The second-order valence-corrected chi connectivity index (χ2v) is 5.72. The highest BCUT2D eigenvalue weighted by atomic mass is 16.5. The molecule has 0 aromatic carbocycles. The van der Waals surface area contributed by atoms with Crippen LogP contribution in [0.4, 0.5) is 5.82 Å². The summed E-state index contributed by atoms with van der Waals surface area (Å²) in [6, 6.07) is 3.53. The van der Waals surface area contributed by atoms with Crippen LogP contribution in [0.2, 0.25) is 0 Å². The fourth-order valence-electron chi connectivity index (χ4n) is 2.47. The largest absolute Gasteiger partial charge is 0.490 e. The SMILES string of the molecule is CCCCc1cn2c(=O)[nH]nc2c(NCCOc2ccc(OC)nc2)n1. The van der Waals surface area contributed by atoms with E-state index in [1.807, 2.05) is 0 Å². The summed E-state index contributed by atoms with van der Waals surface area (Å²) in [4.78, 5) is 20.5. The van der Waals surface area contributed by atoms with Crippen molar-refractivity contribution in [3.63, 3.8) is 0 Å². The summed E-state index contributed by atoms with van der Waals surface area (Å²) < 4.78 is 12.1. The Hall–Kier alpha value is -3.10. The molecule has 9 heteroatoms. The summed E-state index contributed by atoms with van der Waals surface area (Å²) in [7, 11) is 1.57. The first-order valence-electron chi connectivity index (χ1n) is 8.54. The van der Waals surface area contributed by atoms with E-state index >= 15 is 0 Å². The van der Waals surface area contributed by atoms with E-state index in [0.29, 0.717) is 36.2 Å². The van der Waals surface area contributed by atoms with Crippen LogP contribution in [0.5, 0.6) is 11.6 Å². The van der Waals surface area contributed by atoms with Crippen LogP contribution in [0, 0.1) is 0 Å². The van der Waals surface area contributed by atoms with Gasteiger partial charge in [-0.25, -0.2) is 24.3 Å². The van der Waals surface area contributed by atoms with Gasteiger partial charge in [0.05, 0.1) is 25.5 Å². The van der Waals surface area contributed by atoms with Crippen molar-refractivity contribution >= 4 is 11.5 Å². The summed E-state index contributed by atoms with van der Waals surface area (Å²) in [5.74, 6) is 1.75. The third kappa shape index (κ3) is 4.11. The monoisotopic (exact) mass is 358 g/mol. The lowest BCUT2D eigenvalue weighted by molar-refractivity contribution is 0.328. The number of aromatic amines is 1. The molecule has 9 nitrogen and oxygen atoms in total. The van der Waals surface area contributed by atoms with E-state index in [1.165, 1.54) is 4.40 Å². The number of pyridine rings is 1. The van der Waals surface area contributed by atoms with Crippen molar-refractivity contribution in [1.29, 1.82) is 0 Å². The highest BCUT2D eigenvalue weighted by Crippen LogP contribution is 2.14. The first-order chi connectivity index (χ1) is 12.7. The van der Waals surface area contributed by atoms with E-state index in [0.717, 1.165) is 25.0 Å². The molecule has 0 fully saturated rings. The van der Waals surface area contributed by atoms with Gasteiger partial charge in [0.15, 0.2) is 5.82 Å². The molecule has 0 aliphatic rings. The maximum absolute atomic E-state index is 11.9. The normalized spacial score (nSPS) is 10.8. The van der Waals surface area contributed by atoms with Crippen LogP contribution in [0.1, 0.15) is 25.5 Å². The summed E-state index contributed by atoms with van der Waals surface area (Å²) in [6.07, 6.45) is 6.23. The zero-order chi connectivity index (χ0) is 18.4. The zero-order valence-electron chi connectivity index (χ0n) is 14.9. The number of ether oxygens (including phenoxy) is 2. The third-order valence-electron chi connectivity index (χ3n) is 3.82. The minimum absolute atomic E-state index is 0.274. The van der Waals surface area contributed by atoms with Gasteiger partial charge in [0.25, 0.3) is 0 Å². The lowest BCUT2D eigenvalue weighted by Gasteiger charge is -2.10. The Labute approximate surface area is 150 Å². The molecule has 0 saturated carbocycles. The number of unbranched alkanes of at least 4 members (excludes halogenated alkanes) is 1. The number of fused-ring (bicyclic) bond motifs is 1. The van der Waals surface area contributed by atoms with Gasteiger partial charge < -0.3 is 14.8 Å². The van der Waals surface area contributed by atoms with E-state index in [9.17, 15) is 4.79 Å². The Morgan fingerprint density at radius 3 is 2.96 bits per heavy atom. The van der Waals surface area contributed by atoms with Crippen LogP contribution < -0.4 is 20.5 Å². The maximum Gasteiger partial charge on any atom is 0.347 e. The van der Waals surface area contributed by atoms with Crippen molar-refractivity contribution < 1.29 is 9.47 Å². The lowest BCUT2D eigenvalue weighted by Crippen LogP contribution is -2.16.